The Hall–Kier alpha value is -0.770. The fraction of sp³-hybridized carbons (Fsp3) is 0.375. The zero-order valence-corrected chi connectivity index (χ0v) is 13.4. The van der Waals surface area contributed by atoms with Gasteiger partial charge < -0.3 is 5.11 Å². The highest BCUT2D eigenvalue weighted by Crippen LogP contribution is 2.36. The number of aliphatic hydroxyl groups excluding tert-OH is 1. The van der Waals surface area contributed by atoms with Gasteiger partial charge in [-0.3, -0.25) is 0 Å². The molecule has 19 heavy (non-hydrogen) atoms. The molecule has 0 aliphatic carbocycles. The molecule has 1 atom stereocenters. The normalized spacial score (nSPS) is 13.5. The standard InChI is InChI=1S/C16H20OS2/c1-16(2,3)14-10-9-13(19-14)15(17)11-7-5-6-8-12(11)18-4/h5-10,15,17H,1-4H3. The van der Waals surface area contributed by atoms with Gasteiger partial charge in [-0.15, -0.1) is 23.1 Å². The molecule has 1 unspecified atom stereocenters. The van der Waals surface area contributed by atoms with Crippen LogP contribution in [-0.2, 0) is 5.41 Å². The van der Waals surface area contributed by atoms with Crippen molar-refractivity contribution in [1.29, 1.82) is 0 Å². The third-order valence-corrected chi connectivity index (χ3v) is 5.44. The predicted octanol–water partition coefficient (Wildman–Crippen LogP) is 4.85. The Morgan fingerprint density at radius 3 is 2.37 bits per heavy atom. The number of thioether (sulfide) groups is 1. The van der Waals surface area contributed by atoms with Crippen LogP contribution >= 0.6 is 23.1 Å². The van der Waals surface area contributed by atoms with E-state index >= 15 is 0 Å². The number of rotatable bonds is 3. The smallest absolute Gasteiger partial charge is 0.114 e. The van der Waals surface area contributed by atoms with E-state index in [4.69, 9.17) is 0 Å². The summed E-state index contributed by atoms with van der Waals surface area (Å²) in [7, 11) is 0. The number of hydrogen-bond acceptors (Lipinski definition) is 3. The van der Waals surface area contributed by atoms with Gasteiger partial charge in [-0.2, -0.15) is 0 Å². The number of thiophene rings is 1. The van der Waals surface area contributed by atoms with Gasteiger partial charge in [0, 0.05) is 14.6 Å². The summed E-state index contributed by atoms with van der Waals surface area (Å²) in [6.45, 7) is 6.60. The van der Waals surface area contributed by atoms with Crippen molar-refractivity contribution in [2.45, 2.75) is 37.2 Å². The third-order valence-electron chi connectivity index (χ3n) is 3.07. The second-order valence-electron chi connectivity index (χ2n) is 5.60. The summed E-state index contributed by atoms with van der Waals surface area (Å²) in [5, 5.41) is 10.6. The van der Waals surface area contributed by atoms with Crippen LogP contribution < -0.4 is 0 Å². The number of benzene rings is 1. The lowest BCUT2D eigenvalue weighted by molar-refractivity contribution is 0.221. The molecule has 1 heterocycles. The van der Waals surface area contributed by atoms with Gasteiger partial charge in [0.25, 0.3) is 0 Å². The van der Waals surface area contributed by atoms with Crippen molar-refractivity contribution in [3.8, 4) is 0 Å². The Balaban J connectivity index is 2.34. The monoisotopic (exact) mass is 292 g/mol. The molecular weight excluding hydrogens is 272 g/mol. The minimum Gasteiger partial charge on any atom is -0.383 e. The minimum absolute atomic E-state index is 0.141. The predicted molar refractivity (Wildman–Crippen MR) is 85.3 cm³/mol. The first kappa shape index (κ1) is 14.6. The van der Waals surface area contributed by atoms with Crippen molar-refractivity contribution in [2.75, 3.05) is 6.26 Å². The van der Waals surface area contributed by atoms with Gasteiger partial charge in [0.15, 0.2) is 0 Å². The van der Waals surface area contributed by atoms with Crippen LogP contribution in [0.3, 0.4) is 0 Å². The third kappa shape index (κ3) is 3.22. The second kappa shape index (κ2) is 5.70. The molecule has 0 saturated heterocycles. The van der Waals surface area contributed by atoms with E-state index in [0.717, 1.165) is 15.3 Å². The van der Waals surface area contributed by atoms with Crippen LogP contribution in [0.4, 0.5) is 0 Å². The summed E-state index contributed by atoms with van der Waals surface area (Å²) in [6, 6.07) is 12.2. The summed E-state index contributed by atoms with van der Waals surface area (Å²) in [4.78, 5) is 3.47. The maximum atomic E-state index is 10.6. The first-order valence-electron chi connectivity index (χ1n) is 6.34. The van der Waals surface area contributed by atoms with Crippen LogP contribution in [-0.4, -0.2) is 11.4 Å². The molecule has 0 spiro atoms. The van der Waals surface area contributed by atoms with Gasteiger partial charge in [-0.1, -0.05) is 39.0 Å². The summed E-state index contributed by atoms with van der Waals surface area (Å²) in [6.07, 6.45) is 1.52. The highest BCUT2D eigenvalue weighted by Gasteiger charge is 2.20. The van der Waals surface area contributed by atoms with Gasteiger partial charge in [0.05, 0.1) is 0 Å². The van der Waals surface area contributed by atoms with E-state index in [-0.39, 0.29) is 5.41 Å². The van der Waals surface area contributed by atoms with Gasteiger partial charge in [0.2, 0.25) is 0 Å². The molecule has 0 aliphatic rings. The van der Waals surface area contributed by atoms with Crippen LogP contribution in [0.25, 0.3) is 0 Å². The Morgan fingerprint density at radius 2 is 1.79 bits per heavy atom. The van der Waals surface area contributed by atoms with Crippen molar-refractivity contribution in [3.63, 3.8) is 0 Å². The van der Waals surface area contributed by atoms with Crippen molar-refractivity contribution >= 4 is 23.1 Å². The van der Waals surface area contributed by atoms with E-state index in [2.05, 4.69) is 32.9 Å². The van der Waals surface area contributed by atoms with Gasteiger partial charge >= 0.3 is 0 Å². The quantitative estimate of drug-likeness (QED) is 0.816. The van der Waals surface area contributed by atoms with Crippen LogP contribution in [0.15, 0.2) is 41.3 Å². The molecule has 102 valence electrons. The fourth-order valence-corrected chi connectivity index (χ4v) is 3.65. The largest absolute Gasteiger partial charge is 0.383 e. The zero-order chi connectivity index (χ0) is 14.0. The molecule has 2 rings (SSSR count). The van der Waals surface area contributed by atoms with Crippen molar-refractivity contribution < 1.29 is 5.11 Å². The Labute approximate surface area is 123 Å². The maximum Gasteiger partial charge on any atom is 0.114 e. The molecule has 1 aromatic carbocycles. The summed E-state index contributed by atoms with van der Waals surface area (Å²) < 4.78 is 0. The molecule has 0 radical (unpaired) electrons. The van der Waals surface area contributed by atoms with Crippen molar-refractivity contribution in [2.24, 2.45) is 0 Å². The molecule has 1 aromatic heterocycles. The van der Waals surface area contributed by atoms with Gasteiger partial charge in [-0.25, -0.2) is 0 Å². The minimum atomic E-state index is -0.523. The number of aliphatic hydroxyl groups is 1. The first-order chi connectivity index (χ1) is 8.93. The first-order valence-corrected chi connectivity index (χ1v) is 8.39. The van der Waals surface area contributed by atoms with E-state index in [1.54, 1.807) is 23.1 Å². The average molecular weight is 292 g/mol. The highest BCUT2D eigenvalue weighted by atomic mass is 32.2. The van der Waals surface area contributed by atoms with Crippen LogP contribution in [0.1, 0.15) is 42.2 Å². The summed E-state index contributed by atoms with van der Waals surface area (Å²) in [5.41, 5.74) is 1.14. The molecule has 0 amide bonds. The molecule has 0 bridgehead atoms. The van der Waals surface area contributed by atoms with Crippen LogP contribution in [0, 0.1) is 0 Å². The molecule has 0 aliphatic heterocycles. The zero-order valence-electron chi connectivity index (χ0n) is 11.8. The molecule has 1 nitrogen and oxygen atoms in total. The lowest BCUT2D eigenvalue weighted by atomic mass is 9.95. The molecule has 0 fully saturated rings. The van der Waals surface area contributed by atoms with Gasteiger partial charge in [0.1, 0.15) is 6.10 Å². The van der Waals surface area contributed by atoms with E-state index in [0.29, 0.717) is 0 Å². The van der Waals surface area contributed by atoms with Crippen LogP contribution in [0.2, 0.25) is 0 Å². The molecule has 1 N–H and O–H groups in total. The molecule has 2 aromatic rings. The van der Waals surface area contributed by atoms with E-state index in [1.807, 2.05) is 30.5 Å². The molecule has 0 saturated carbocycles. The molecular formula is C16H20OS2. The summed E-state index contributed by atoms with van der Waals surface area (Å²) in [5.74, 6) is 0. The highest BCUT2D eigenvalue weighted by molar-refractivity contribution is 7.98. The van der Waals surface area contributed by atoms with E-state index in [1.165, 1.54) is 4.88 Å². The van der Waals surface area contributed by atoms with Gasteiger partial charge in [-0.05, 0) is 35.4 Å². The lowest BCUT2D eigenvalue weighted by Crippen LogP contribution is -2.07. The SMILES string of the molecule is CSc1ccccc1C(O)c1ccc(C(C)(C)C)s1. The summed E-state index contributed by atoms with van der Waals surface area (Å²) >= 11 is 3.38. The van der Waals surface area contributed by atoms with E-state index < -0.39 is 6.10 Å². The lowest BCUT2D eigenvalue weighted by Gasteiger charge is -2.16. The maximum absolute atomic E-state index is 10.6. The van der Waals surface area contributed by atoms with Crippen molar-refractivity contribution in [3.05, 3.63) is 51.7 Å². The van der Waals surface area contributed by atoms with E-state index in [9.17, 15) is 5.11 Å². The Morgan fingerprint density at radius 1 is 1.11 bits per heavy atom. The Bertz CT molecular complexity index is 552. The van der Waals surface area contributed by atoms with Crippen LogP contribution in [0.5, 0.6) is 0 Å². The Kier molecular flexibility index (Phi) is 4.39. The number of hydrogen-bond donors (Lipinski definition) is 1. The topological polar surface area (TPSA) is 20.2 Å². The molecule has 3 heteroatoms. The fourth-order valence-electron chi connectivity index (χ4n) is 1.95. The second-order valence-corrected chi connectivity index (χ2v) is 7.56. The average Bonchev–Trinajstić information content (AvgIpc) is 2.87. The van der Waals surface area contributed by atoms with Crippen molar-refractivity contribution in [1.82, 2.24) is 0 Å².